The van der Waals surface area contributed by atoms with Crippen LogP contribution in [0.4, 0.5) is 5.69 Å². The van der Waals surface area contributed by atoms with Crippen molar-refractivity contribution < 1.29 is 24.0 Å². The molecule has 0 heterocycles. The van der Waals surface area contributed by atoms with Crippen molar-refractivity contribution in [1.29, 1.82) is 0 Å². The summed E-state index contributed by atoms with van der Waals surface area (Å²) >= 11 is 0. The van der Waals surface area contributed by atoms with Crippen LogP contribution in [0.15, 0.2) is 48.5 Å². The number of amides is 2. The summed E-state index contributed by atoms with van der Waals surface area (Å²) in [5.41, 5.74) is 5.65. The summed E-state index contributed by atoms with van der Waals surface area (Å²) in [6, 6.07) is 12.3. The van der Waals surface area contributed by atoms with Gasteiger partial charge in [-0.25, -0.2) is 0 Å². The molecule has 2 amide bonds. The minimum atomic E-state index is -0.744. The molecule has 0 aliphatic heterocycles. The number of aryl methyl sites for hydroxylation is 1. The fraction of sp³-hybridized carbons (Fsp3) is 0.167. The maximum atomic E-state index is 11.9. The average Bonchev–Trinajstić information content (AvgIpc) is 2.66. The Morgan fingerprint density at radius 3 is 2.52 bits per heavy atom. The monoisotopic (exact) mass is 371 g/mol. The third-order valence-corrected chi connectivity index (χ3v) is 3.59. The van der Waals surface area contributed by atoms with Crippen LogP contribution < -0.4 is 10.9 Å². The number of carbonyl (C=O) groups excluding carboxylic acids is 3. The number of rotatable bonds is 6. The first-order valence-electron chi connectivity index (χ1n) is 7.90. The summed E-state index contributed by atoms with van der Waals surface area (Å²) in [4.78, 5) is 45.4. The second kappa shape index (κ2) is 9.09. The SMILES string of the molecule is Cc1ccccc1CC(=O)OCC(=O)NNC(=O)c1cccc([N+](=O)[O-])c1. The van der Waals surface area contributed by atoms with Crippen molar-refractivity contribution in [2.75, 3.05) is 6.61 Å². The maximum Gasteiger partial charge on any atom is 0.310 e. The van der Waals surface area contributed by atoms with E-state index in [4.69, 9.17) is 4.74 Å². The van der Waals surface area contributed by atoms with E-state index >= 15 is 0 Å². The second-order valence-electron chi connectivity index (χ2n) is 5.57. The van der Waals surface area contributed by atoms with E-state index in [1.807, 2.05) is 19.1 Å². The summed E-state index contributed by atoms with van der Waals surface area (Å²) in [6.45, 7) is 1.29. The van der Waals surface area contributed by atoms with E-state index in [1.165, 1.54) is 18.2 Å². The average molecular weight is 371 g/mol. The molecule has 0 saturated heterocycles. The van der Waals surface area contributed by atoms with Crippen molar-refractivity contribution in [3.05, 3.63) is 75.3 Å². The predicted molar refractivity (Wildman–Crippen MR) is 94.5 cm³/mol. The first-order chi connectivity index (χ1) is 12.9. The summed E-state index contributed by atoms with van der Waals surface area (Å²) in [5.74, 6) is -2.06. The number of hydrogen-bond donors (Lipinski definition) is 2. The molecule has 2 aromatic carbocycles. The zero-order chi connectivity index (χ0) is 19.8. The Balaban J connectivity index is 1.78. The van der Waals surface area contributed by atoms with Crippen LogP contribution in [0.3, 0.4) is 0 Å². The number of ether oxygens (including phenoxy) is 1. The lowest BCUT2D eigenvalue weighted by atomic mass is 10.1. The number of nitrogens with one attached hydrogen (secondary N) is 2. The van der Waals surface area contributed by atoms with Crippen LogP contribution >= 0.6 is 0 Å². The molecule has 0 unspecified atom stereocenters. The molecule has 0 bridgehead atoms. The van der Waals surface area contributed by atoms with E-state index in [0.717, 1.165) is 17.2 Å². The van der Waals surface area contributed by atoms with Crippen LogP contribution in [0.1, 0.15) is 21.5 Å². The summed E-state index contributed by atoms with van der Waals surface area (Å²) in [5, 5.41) is 10.7. The van der Waals surface area contributed by atoms with E-state index < -0.39 is 29.3 Å². The van der Waals surface area contributed by atoms with Gasteiger partial charge in [0.15, 0.2) is 6.61 Å². The molecule has 0 spiro atoms. The van der Waals surface area contributed by atoms with Crippen LogP contribution in [0, 0.1) is 17.0 Å². The molecule has 0 fully saturated rings. The highest BCUT2D eigenvalue weighted by Crippen LogP contribution is 2.12. The van der Waals surface area contributed by atoms with Crippen LogP contribution in [0.2, 0.25) is 0 Å². The fourth-order valence-electron chi connectivity index (χ4n) is 2.16. The number of carbonyl (C=O) groups is 3. The van der Waals surface area contributed by atoms with Gasteiger partial charge >= 0.3 is 5.97 Å². The topological polar surface area (TPSA) is 128 Å². The predicted octanol–water partition coefficient (Wildman–Crippen LogP) is 1.45. The highest BCUT2D eigenvalue weighted by molar-refractivity contribution is 5.96. The Morgan fingerprint density at radius 2 is 1.81 bits per heavy atom. The lowest BCUT2D eigenvalue weighted by molar-refractivity contribution is -0.384. The van der Waals surface area contributed by atoms with Gasteiger partial charge < -0.3 is 4.74 Å². The summed E-state index contributed by atoms with van der Waals surface area (Å²) < 4.78 is 4.86. The highest BCUT2D eigenvalue weighted by atomic mass is 16.6. The largest absolute Gasteiger partial charge is 0.455 e. The standard InChI is InChI=1S/C18H17N3O6/c1-12-5-2-3-6-13(12)10-17(23)27-11-16(22)19-20-18(24)14-7-4-8-15(9-14)21(25)26/h2-9H,10-11H2,1H3,(H,19,22)(H,20,24). The lowest BCUT2D eigenvalue weighted by Gasteiger charge is -2.09. The molecular weight excluding hydrogens is 354 g/mol. The van der Waals surface area contributed by atoms with Crippen LogP contribution in [0.5, 0.6) is 0 Å². The van der Waals surface area contributed by atoms with E-state index in [0.29, 0.717) is 0 Å². The molecule has 0 atom stereocenters. The molecule has 2 rings (SSSR count). The zero-order valence-electron chi connectivity index (χ0n) is 14.4. The van der Waals surface area contributed by atoms with Gasteiger partial charge in [-0.15, -0.1) is 0 Å². The van der Waals surface area contributed by atoms with Gasteiger partial charge in [-0.3, -0.25) is 35.3 Å². The first-order valence-corrected chi connectivity index (χ1v) is 7.90. The molecular formula is C18H17N3O6. The molecule has 9 heteroatoms. The Kier molecular flexibility index (Phi) is 6.59. The van der Waals surface area contributed by atoms with E-state index in [2.05, 4.69) is 10.9 Å². The first kappa shape index (κ1) is 19.6. The number of nitro benzene ring substituents is 1. The molecule has 9 nitrogen and oxygen atoms in total. The van der Waals surface area contributed by atoms with Gasteiger partial charge in [0, 0.05) is 17.7 Å². The molecule has 0 saturated carbocycles. The molecule has 140 valence electrons. The number of nitro groups is 1. The van der Waals surface area contributed by atoms with Crippen molar-refractivity contribution in [2.24, 2.45) is 0 Å². The van der Waals surface area contributed by atoms with E-state index in [1.54, 1.807) is 12.1 Å². The zero-order valence-corrected chi connectivity index (χ0v) is 14.4. The Morgan fingerprint density at radius 1 is 1.07 bits per heavy atom. The quantitative estimate of drug-likeness (QED) is 0.449. The van der Waals surface area contributed by atoms with E-state index in [-0.39, 0.29) is 17.7 Å². The Hall–Kier alpha value is -3.75. The van der Waals surface area contributed by atoms with Crippen molar-refractivity contribution in [3.8, 4) is 0 Å². The van der Waals surface area contributed by atoms with Gasteiger partial charge in [0.2, 0.25) is 0 Å². The summed E-state index contributed by atoms with van der Waals surface area (Å²) in [6.07, 6.45) is 0.0278. The minimum Gasteiger partial charge on any atom is -0.455 e. The van der Waals surface area contributed by atoms with Gasteiger partial charge in [0.05, 0.1) is 11.3 Å². The molecule has 0 aromatic heterocycles. The number of non-ortho nitro benzene ring substituents is 1. The van der Waals surface area contributed by atoms with Gasteiger partial charge in [-0.05, 0) is 24.1 Å². The third-order valence-electron chi connectivity index (χ3n) is 3.59. The molecule has 2 aromatic rings. The number of hydrazine groups is 1. The van der Waals surface area contributed by atoms with Crippen LogP contribution in [0.25, 0.3) is 0 Å². The minimum absolute atomic E-state index is 0.000970. The smallest absolute Gasteiger partial charge is 0.310 e. The number of benzene rings is 2. The number of esters is 1. The van der Waals surface area contributed by atoms with Gasteiger partial charge in [-0.2, -0.15) is 0 Å². The molecule has 0 radical (unpaired) electrons. The maximum absolute atomic E-state index is 11.9. The van der Waals surface area contributed by atoms with Crippen molar-refractivity contribution >= 4 is 23.5 Å². The lowest BCUT2D eigenvalue weighted by Crippen LogP contribution is -2.43. The molecule has 27 heavy (non-hydrogen) atoms. The van der Waals surface area contributed by atoms with Crippen molar-refractivity contribution in [2.45, 2.75) is 13.3 Å². The fourth-order valence-corrected chi connectivity index (χ4v) is 2.16. The Bertz CT molecular complexity index is 881. The normalized spacial score (nSPS) is 9.96. The second-order valence-corrected chi connectivity index (χ2v) is 5.57. The number of hydrogen-bond acceptors (Lipinski definition) is 6. The molecule has 0 aliphatic rings. The number of nitrogens with zero attached hydrogens (tertiary/aromatic N) is 1. The van der Waals surface area contributed by atoms with Crippen molar-refractivity contribution in [3.63, 3.8) is 0 Å². The van der Waals surface area contributed by atoms with E-state index in [9.17, 15) is 24.5 Å². The van der Waals surface area contributed by atoms with Gasteiger partial charge in [0.1, 0.15) is 0 Å². The molecule has 2 N–H and O–H groups in total. The van der Waals surface area contributed by atoms with Crippen molar-refractivity contribution in [1.82, 2.24) is 10.9 Å². The summed E-state index contributed by atoms with van der Waals surface area (Å²) in [7, 11) is 0. The van der Waals surface area contributed by atoms with Crippen LogP contribution in [-0.2, 0) is 20.7 Å². The van der Waals surface area contributed by atoms with Gasteiger partial charge in [-0.1, -0.05) is 30.3 Å². The van der Waals surface area contributed by atoms with Crippen LogP contribution in [-0.4, -0.2) is 29.3 Å². The van der Waals surface area contributed by atoms with Gasteiger partial charge in [0.25, 0.3) is 17.5 Å². The Labute approximate surface area is 154 Å². The third kappa shape index (κ3) is 5.92. The molecule has 0 aliphatic carbocycles. The highest BCUT2D eigenvalue weighted by Gasteiger charge is 2.13.